The molecule has 0 unspecified atom stereocenters. The maximum absolute atomic E-state index is 13.4. The van der Waals surface area contributed by atoms with Gasteiger partial charge in [0.05, 0.1) is 34.2 Å². The number of amidine groups is 1. The van der Waals surface area contributed by atoms with Crippen molar-refractivity contribution in [3.05, 3.63) is 46.8 Å². The zero-order valence-corrected chi connectivity index (χ0v) is 23.9. The maximum atomic E-state index is 13.4. The number of hydroxylamine groups is 1. The molecule has 1 fully saturated rings. The molecule has 1 aliphatic heterocycles. The van der Waals surface area contributed by atoms with Gasteiger partial charge in [-0.1, -0.05) is 0 Å². The average Bonchev–Trinajstić information content (AvgIpc) is 2.89. The lowest BCUT2D eigenvalue weighted by Crippen LogP contribution is -2.44. The van der Waals surface area contributed by atoms with Crippen LogP contribution in [0.5, 0.6) is 0 Å². The minimum absolute atomic E-state index is 0.183. The number of urea groups is 1. The number of ether oxygens (including phenoxy) is 1. The van der Waals surface area contributed by atoms with Crippen molar-refractivity contribution in [2.45, 2.75) is 39.2 Å². The Kier molecular flexibility index (Phi) is 10.5. The molecule has 5 N–H and O–H groups in total. The number of benzene rings is 1. The van der Waals surface area contributed by atoms with Crippen LogP contribution in [0.15, 0.2) is 46.0 Å². The second-order valence-electron chi connectivity index (χ2n) is 9.47. The highest BCUT2D eigenvalue weighted by Gasteiger charge is 2.30. The molecule has 15 heteroatoms. The van der Waals surface area contributed by atoms with Gasteiger partial charge in [0.25, 0.3) is 0 Å². The number of halogens is 2. The Morgan fingerprint density at radius 1 is 1.21 bits per heavy atom. The lowest BCUT2D eigenvalue weighted by molar-refractivity contribution is -0.118. The molecule has 1 saturated heterocycles. The van der Waals surface area contributed by atoms with E-state index in [9.17, 15) is 24.0 Å². The maximum Gasteiger partial charge on any atom is 0.419 e. The zero-order chi connectivity index (χ0) is 28.6. The first kappa shape index (κ1) is 30.1. The molecule has 0 aliphatic carbocycles. The topological polar surface area (TPSA) is 157 Å². The van der Waals surface area contributed by atoms with E-state index >= 15 is 0 Å². The third-order valence-corrected chi connectivity index (χ3v) is 6.53. The lowest BCUT2D eigenvalue weighted by Gasteiger charge is -2.31. The Labute approximate surface area is 237 Å². The smallest absolute Gasteiger partial charge is 0.419 e. The number of amides is 3. The van der Waals surface area contributed by atoms with Gasteiger partial charge in [0.1, 0.15) is 17.2 Å². The summed E-state index contributed by atoms with van der Waals surface area (Å²) in [6.07, 6.45) is 1.63. The predicted molar refractivity (Wildman–Crippen MR) is 149 cm³/mol. The van der Waals surface area contributed by atoms with Gasteiger partial charge in [-0.3, -0.25) is 14.7 Å². The second-order valence-corrected chi connectivity index (χ2v) is 10.9. The summed E-state index contributed by atoms with van der Waals surface area (Å²) < 4.78 is 24.1. The molecule has 0 radical (unpaired) electrons. The number of pyridine rings is 1. The fourth-order valence-corrected chi connectivity index (χ4v) is 4.27. The normalized spacial score (nSPS) is 14.4. The van der Waals surface area contributed by atoms with Crippen LogP contribution in [0.25, 0.3) is 0 Å². The molecule has 1 aliphatic rings. The first-order valence-corrected chi connectivity index (χ1v) is 13.5. The van der Waals surface area contributed by atoms with E-state index in [4.69, 9.17) is 4.74 Å². The van der Waals surface area contributed by atoms with Crippen LogP contribution in [-0.2, 0) is 9.53 Å². The molecule has 1 aromatic heterocycles. The molecule has 12 nitrogen and oxygen atoms in total. The highest BCUT2D eigenvalue weighted by molar-refractivity contribution is 9.10. The van der Waals surface area contributed by atoms with Gasteiger partial charge in [0.2, 0.25) is 5.78 Å². The number of hydrogen-bond acceptors (Lipinski definition) is 9. The first-order valence-electron chi connectivity index (χ1n) is 11.9. The molecule has 3 rings (SSSR count). The molecule has 0 atom stereocenters. The number of hydrogen-bond donors (Lipinski definition) is 5. The fraction of sp³-hybridized carbons (Fsp3) is 0.375. The third kappa shape index (κ3) is 9.37. The number of rotatable bonds is 7. The molecule has 1 aromatic carbocycles. The van der Waals surface area contributed by atoms with E-state index in [0.717, 1.165) is 12.1 Å². The summed E-state index contributed by atoms with van der Waals surface area (Å²) in [5.74, 6) is -1.12. The van der Waals surface area contributed by atoms with Crippen molar-refractivity contribution in [3.63, 3.8) is 0 Å². The van der Waals surface area contributed by atoms with Gasteiger partial charge in [-0.2, -0.15) is 0 Å². The van der Waals surface area contributed by atoms with E-state index in [1.165, 1.54) is 24.4 Å². The summed E-state index contributed by atoms with van der Waals surface area (Å²) >= 11 is 3.96. The quantitative estimate of drug-likeness (QED) is 0.123. The van der Waals surface area contributed by atoms with Crippen LogP contribution in [0.3, 0.4) is 0 Å². The number of Topliss-reactive ketones (excluding diaryl/α,β-unsaturated/α-hetero) is 1. The van der Waals surface area contributed by atoms with Crippen LogP contribution in [-0.4, -0.2) is 57.5 Å². The van der Waals surface area contributed by atoms with Gasteiger partial charge < -0.3 is 15.0 Å². The fourth-order valence-electron chi connectivity index (χ4n) is 3.51. The highest BCUT2D eigenvalue weighted by Crippen LogP contribution is 2.24. The summed E-state index contributed by atoms with van der Waals surface area (Å²) in [4.78, 5) is 47.1. The number of aliphatic imine (C=N–C) groups is 1. The molecule has 2 heterocycles. The van der Waals surface area contributed by atoms with Crippen molar-refractivity contribution in [2.75, 3.05) is 23.1 Å². The molecule has 210 valence electrons. The van der Waals surface area contributed by atoms with Gasteiger partial charge in [0, 0.05) is 19.0 Å². The van der Waals surface area contributed by atoms with Crippen molar-refractivity contribution in [3.8, 4) is 0 Å². The monoisotopic (exact) mass is 625 g/mol. The molecule has 39 heavy (non-hydrogen) atoms. The van der Waals surface area contributed by atoms with Crippen LogP contribution >= 0.6 is 28.1 Å². The van der Waals surface area contributed by atoms with E-state index in [1.54, 1.807) is 37.8 Å². The predicted octanol–water partition coefficient (Wildman–Crippen LogP) is 5.01. The number of nitrogens with one attached hydrogen (secondary N) is 4. The second kappa shape index (κ2) is 13.6. The first-order chi connectivity index (χ1) is 18.4. The van der Waals surface area contributed by atoms with Crippen molar-refractivity contribution in [2.24, 2.45) is 10.9 Å². The van der Waals surface area contributed by atoms with Gasteiger partial charge in [-0.15, -0.1) is 0 Å². The number of likely N-dealkylation sites (tertiary alicyclic amines) is 1. The van der Waals surface area contributed by atoms with Crippen LogP contribution in [0.2, 0.25) is 0 Å². The minimum Gasteiger partial charge on any atom is -0.443 e. The Hall–Kier alpha value is -3.43. The van der Waals surface area contributed by atoms with Crippen LogP contribution in [0.1, 0.15) is 33.6 Å². The van der Waals surface area contributed by atoms with Gasteiger partial charge >= 0.3 is 12.1 Å². The van der Waals surface area contributed by atoms with E-state index in [0.29, 0.717) is 37.4 Å². The van der Waals surface area contributed by atoms with Gasteiger partial charge in [-0.25, -0.2) is 34.2 Å². The average molecular weight is 627 g/mol. The Morgan fingerprint density at radius 3 is 2.51 bits per heavy atom. The molecule has 2 aromatic rings. The molecule has 0 spiro atoms. The van der Waals surface area contributed by atoms with Gasteiger partial charge in [0.15, 0.2) is 5.84 Å². The molecule has 3 amide bonds. The Morgan fingerprint density at radius 2 is 1.92 bits per heavy atom. The van der Waals surface area contributed by atoms with Crippen LogP contribution in [0.4, 0.5) is 31.2 Å². The van der Waals surface area contributed by atoms with E-state index in [-0.39, 0.29) is 22.0 Å². The summed E-state index contributed by atoms with van der Waals surface area (Å²) in [6.45, 7) is 5.93. The number of carbonyl (C=O) groups is 3. The van der Waals surface area contributed by atoms with E-state index < -0.39 is 29.2 Å². The zero-order valence-electron chi connectivity index (χ0n) is 21.5. The van der Waals surface area contributed by atoms with Crippen molar-refractivity contribution < 1.29 is 28.7 Å². The number of nitrogens with zero attached hydrogens (tertiary/aromatic N) is 3. The number of piperidine rings is 1. The number of ketones is 1. The largest absolute Gasteiger partial charge is 0.443 e. The Bertz CT molecular complexity index is 1220. The van der Waals surface area contributed by atoms with Crippen LogP contribution < -0.4 is 20.2 Å². The highest BCUT2D eigenvalue weighted by atomic mass is 79.9. The van der Waals surface area contributed by atoms with Crippen molar-refractivity contribution in [1.82, 2.24) is 20.1 Å². The van der Waals surface area contributed by atoms with Crippen molar-refractivity contribution >= 4 is 69.0 Å². The number of aromatic nitrogens is 1. The van der Waals surface area contributed by atoms with Crippen molar-refractivity contribution in [1.29, 1.82) is 0 Å². The third-order valence-electron chi connectivity index (χ3n) is 5.34. The van der Waals surface area contributed by atoms with Crippen LogP contribution in [0, 0.1) is 11.7 Å². The standard InChI is InChI=1S/C24H29BrFN7O5S/c1-24(2,3)38-23(36)32-39-31-19-7-5-16(13-27-19)29-22(35)33-10-8-14(9-11-33)20(34)21(30-37)28-15-4-6-18(26)17(25)12-15/h4-7,12-14,37H,8-11H2,1-3H3,(H,27,31)(H,28,30)(H,29,35)(H,32,36). The Balaban J connectivity index is 1.46. The SMILES string of the molecule is CC(C)(C)OC(=O)NSNc1ccc(NC(=O)N2CCC(C(=O)C(=Nc3ccc(F)c(Br)c3)NO)CC2)cn1. The number of carbonyl (C=O) groups excluding carboxylic acids is 3. The van der Waals surface area contributed by atoms with E-state index in [2.05, 4.69) is 40.7 Å². The summed E-state index contributed by atoms with van der Waals surface area (Å²) in [7, 11) is 0. The molecule has 0 saturated carbocycles. The molecular weight excluding hydrogens is 597 g/mol. The lowest BCUT2D eigenvalue weighted by atomic mass is 9.92. The number of anilines is 2. The molecular formula is C24H29BrFN7O5S. The van der Waals surface area contributed by atoms with E-state index in [1.807, 2.05) is 5.48 Å². The minimum atomic E-state index is -0.607. The van der Waals surface area contributed by atoms with Gasteiger partial charge in [-0.05, 0) is 79.9 Å². The summed E-state index contributed by atoms with van der Waals surface area (Å²) in [6, 6.07) is 6.92. The summed E-state index contributed by atoms with van der Waals surface area (Å²) in [5.41, 5.74) is 1.99. The molecule has 0 bridgehead atoms. The summed E-state index contributed by atoms with van der Waals surface area (Å²) in [5, 5.41) is 12.2.